The van der Waals surface area contributed by atoms with Gasteiger partial charge in [0, 0.05) is 10.6 Å². The topological polar surface area (TPSA) is 43.1 Å². The van der Waals surface area contributed by atoms with E-state index in [0.717, 1.165) is 11.4 Å². The summed E-state index contributed by atoms with van der Waals surface area (Å²) >= 11 is 5.74. The van der Waals surface area contributed by atoms with E-state index in [1.165, 1.54) is 5.56 Å². The van der Waals surface area contributed by atoms with Crippen LogP contribution in [-0.4, -0.2) is 12.8 Å². The number of aldehydes is 1. The van der Waals surface area contributed by atoms with Gasteiger partial charge in [0.25, 0.3) is 0 Å². The third-order valence-corrected chi connectivity index (χ3v) is 3.30. The van der Waals surface area contributed by atoms with Gasteiger partial charge < -0.3 is 5.73 Å². The molecule has 0 aliphatic rings. The van der Waals surface area contributed by atoms with Crippen molar-refractivity contribution in [3.63, 3.8) is 0 Å². The monoisotopic (exact) mass is 397 g/mol. The number of rotatable bonds is 3. The fourth-order valence-electron chi connectivity index (χ4n) is 1.91. The minimum Gasteiger partial charge on any atom is -0.330 e. The normalized spacial score (nSPS) is 11.5. The molecular formula is C17H14ClF6NO. The molecule has 0 aliphatic carbocycles. The number of alkyl halides is 6. The van der Waals surface area contributed by atoms with E-state index < -0.39 is 29.0 Å². The van der Waals surface area contributed by atoms with Gasteiger partial charge in [0.1, 0.15) is 6.29 Å². The Morgan fingerprint density at radius 3 is 1.85 bits per heavy atom. The third-order valence-electron chi connectivity index (χ3n) is 3.07. The van der Waals surface area contributed by atoms with Crippen molar-refractivity contribution >= 4 is 17.9 Å². The molecule has 0 aliphatic heterocycles. The molecule has 0 heterocycles. The van der Waals surface area contributed by atoms with Gasteiger partial charge in [-0.3, -0.25) is 4.79 Å². The Labute approximate surface area is 150 Å². The Balaban J connectivity index is 0.000000289. The highest BCUT2D eigenvalue weighted by atomic mass is 35.5. The quantitative estimate of drug-likeness (QED) is 0.558. The molecule has 26 heavy (non-hydrogen) atoms. The fourth-order valence-corrected chi connectivity index (χ4v) is 2.12. The summed E-state index contributed by atoms with van der Waals surface area (Å²) in [5.74, 6) is 0. The van der Waals surface area contributed by atoms with E-state index in [1.807, 2.05) is 24.3 Å². The SMILES string of the molecule is NCCc1cccc(Cl)c1.O=Cc1cc(C(F)(F)F)cc(C(F)(F)F)c1. The number of benzene rings is 2. The van der Waals surface area contributed by atoms with Gasteiger partial charge in [-0.1, -0.05) is 23.7 Å². The summed E-state index contributed by atoms with van der Waals surface area (Å²) in [6.45, 7) is 0.681. The maximum Gasteiger partial charge on any atom is 0.416 e. The Bertz CT molecular complexity index is 711. The largest absolute Gasteiger partial charge is 0.416 e. The lowest BCUT2D eigenvalue weighted by molar-refractivity contribution is -0.143. The Morgan fingerprint density at radius 1 is 0.923 bits per heavy atom. The van der Waals surface area contributed by atoms with Crippen molar-refractivity contribution in [2.24, 2.45) is 5.73 Å². The highest BCUT2D eigenvalue weighted by Crippen LogP contribution is 2.35. The Kier molecular flexibility index (Phi) is 7.65. The van der Waals surface area contributed by atoms with Crippen LogP contribution in [0, 0.1) is 0 Å². The molecule has 0 amide bonds. The van der Waals surface area contributed by atoms with Crippen molar-refractivity contribution in [2.75, 3.05) is 6.54 Å². The van der Waals surface area contributed by atoms with Gasteiger partial charge in [-0.2, -0.15) is 26.3 Å². The molecule has 2 aromatic carbocycles. The molecular weight excluding hydrogens is 384 g/mol. The molecule has 2 N–H and O–H groups in total. The van der Waals surface area contributed by atoms with Crippen molar-refractivity contribution in [2.45, 2.75) is 18.8 Å². The molecule has 0 bridgehead atoms. The summed E-state index contributed by atoms with van der Waals surface area (Å²) in [5.41, 5.74) is 2.91. The highest BCUT2D eigenvalue weighted by Gasteiger charge is 2.36. The molecule has 2 aromatic rings. The molecule has 2 nitrogen and oxygen atoms in total. The second-order valence-electron chi connectivity index (χ2n) is 5.13. The van der Waals surface area contributed by atoms with Crippen LogP contribution in [0.5, 0.6) is 0 Å². The zero-order valence-corrected chi connectivity index (χ0v) is 13.9. The minimum absolute atomic E-state index is 0.0347. The first-order valence-electron chi connectivity index (χ1n) is 7.16. The van der Waals surface area contributed by atoms with Crippen molar-refractivity contribution in [3.05, 3.63) is 69.7 Å². The number of carbonyl (C=O) groups excluding carboxylic acids is 1. The van der Waals surface area contributed by atoms with E-state index in [2.05, 4.69) is 0 Å². The van der Waals surface area contributed by atoms with E-state index in [1.54, 1.807) is 0 Å². The number of halogens is 7. The molecule has 0 spiro atoms. The van der Waals surface area contributed by atoms with Crippen LogP contribution < -0.4 is 5.73 Å². The maximum absolute atomic E-state index is 12.2. The summed E-state index contributed by atoms with van der Waals surface area (Å²) in [6, 6.07) is 8.46. The summed E-state index contributed by atoms with van der Waals surface area (Å²) in [7, 11) is 0. The van der Waals surface area contributed by atoms with Crippen LogP contribution in [0.3, 0.4) is 0 Å². The van der Waals surface area contributed by atoms with Gasteiger partial charge >= 0.3 is 12.4 Å². The van der Waals surface area contributed by atoms with Crippen LogP contribution in [0.4, 0.5) is 26.3 Å². The van der Waals surface area contributed by atoms with Crippen LogP contribution in [0.25, 0.3) is 0 Å². The molecule has 0 saturated heterocycles. The second-order valence-corrected chi connectivity index (χ2v) is 5.56. The fraction of sp³-hybridized carbons (Fsp3) is 0.235. The average molecular weight is 398 g/mol. The summed E-state index contributed by atoms with van der Waals surface area (Å²) in [4.78, 5) is 10.2. The lowest BCUT2D eigenvalue weighted by Gasteiger charge is -2.12. The lowest BCUT2D eigenvalue weighted by Crippen LogP contribution is -2.11. The summed E-state index contributed by atoms with van der Waals surface area (Å²) in [6.07, 6.45) is -9.00. The number of nitrogens with two attached hydrogens (primary N) is 1. The highest BCUT2D eigenvalue weighted by molar-refractivity contribution is 6.30. The van der Waals surface area contributed by atoms with Gasteiger partial charge in [0.05, 0.1) is 11.1 Å². The standard InChI is InChI=1S/C9H4F6O.C8H10ClN/c10-8(11,12)6-1-5(4-16)2-7(3-6)9(13,14)15;9-8-3-1-2-7(6-8)4-5-10/h1-4H;1-3,6H,4-5,10H2. The molecule has 0 atom stereocenters. The van der Waals surface area contributed by atoms with Crippen molar-refractivity contribution in [1.82, 2.24) is 0 Å². The third kappa shape index (κ3) is 7.05. The first kappa shape index (κ1) is 22.0. The molecule has 0 unspecified atom stereocenters. The Morgan fingerprint density at radius 2 is 1.46 bits per heavy atom. The van der Waals surface area contributed by atoms with E-state index in [-0.39, 0.29) is 12.4 Å². The van der Waals surface area contributed by atoms with Gasteiger partial charge in [-0.25, -0.2) is 0 Å². The number of carbonyl (C=O) groups is 1. The molecule has 0 saturated carbocycles. The van der Waals surface area contributed by atoms with Gasteiger partial charge in [0.15, 0.2) is 0 Å². The van der Waals surface area contributed by atoms with Gasteiger partial charge in [-0.15, -0.1) is 0 Å². The van der Waals surface area contributed by atoms with Crippen LogP contribution in [0.1, 0.15) is 27.0 Å². The van der Waals surface area contributed by atoms with E-state index in [0.29, 0.717) is 18.7 Å². The second kappa shape index (κ2) is 9.05. The van der Waals surface area contributed by atoms with Crippen molar-refractivity contribution in [1.29, 1.82) is 0 Å². The number of hydrogen-bond acceptors (Lipinski definition) is 2. The lowest BCUT2D eigenvalue weighted by atomic mass is 10.1. The Hall–Kier alpha value is -2.06. The summed E-state index contributed by atoms with van der Waals surface area (Å²) in [5, 5.41) is 0.783. The predicted molar refractivity (Wildman–Crippen MR) is 86.0 cm³/mol. The maximum atomic E-state index is 12.2. The van der Waals surface area contributed by atoms with Crippen LogP contribution in [0.15, 0.2) is 42.5 Å². The molecule has 0 fully saturated rings. The van der Waals surface area contributed by atoms with Crippen molar-refractivity contribution < 1.29 is 31.1 Å². The van der Waals surface area contributed by atoms with Gasteiger partial charge in [-0.05, 0) is 48.9 Å². The smallest absolute Gasteiger partial charge is 0.330 e. The van der Waals surface area contributed by atoms with Crippen LogP contribution in [-0.2, 0) is 18.8 Å². The first-order valence-corrected chi connectivity index (χ1v) is 7.54. The molecule has 0 radical (unpaired) electrons. The molecule has 142 valence electrons. The average Bonchev–Trinajstić information content (AvgIpc) is 2.54. The van der Waals surface area contributed by atoms with E-state index in [9.17, 15) is 31.1 Å². The van der Waals surface area contributed by atoms with Crippen molar-refractivity contribution in [3.8, 4) is 0 Å². The van der Waals surface area contributed by atoms with Crippen LogP contribution >= 0.6 is 11.6 Å². The van der Waals surface area contributed by atoms with E-state index in [4.69, 9.17) is 17.3 Å². The zero-order chi connectivity index (χ0) is 20.0. The van der Waals surface area contributed by atoms with Gasteiger partial charge in [0.2, 0.25) is 0 Å². The summed E-state index contributed by atoms with van der Waals surface area (Å²) < 4.78 is 73.1. The predicted octanol–water partition coefficient (Wildman–Crippen LogP) is 5.38. The van der Waals surface area contributed by atoms with Crippen LogP contribution in [0.2, 0.25) is 5.02 Å². The molecule has 2 rings (SSSR count). The minimum atomic E-state index is -4.92. The first-order chi connectivity index (χ1) is 12.0. The number of hydrogen-bond donors (Lipinski definition) is 1. The molecule has 9 heteroatoms. The molecule has 0 aromatic heterocycles. The zero-order valence-electron chi connectivity index (χ0n) is 13.2. The van der Waals surface area contributed by atoms with E-state index >= 15 is 0 Å².